The van der Waals surface area contributed by atoms with Crippen LogP contribution in [0.25, 0.3) is 0 Å². The maximum Gasteiger partial charge on any atom is 0.0109 e. The van der Waals surface area contributed by atoms with E-state index in [1.165, 1.54) is 0 Å². The predicted molar refractivity (Wildman–Crippen MR) is 58.6 cm³/mol. The molecule has 0 radical (unpaired) electrons. The van der Waals surface area contributed by atoms with Crippen molar-refractivity contribution in [2.24, 2.45) is 11.5 Å². The summed E-state index contributed by atoms with van der Waals surface area (Å²) in [5, 5.41) is 3.34. The average molecular weight is 187 g/mol. The summed E-state index contributed by atoms with van der Waals surface area (Å²) in [5.74, 6) is 0. The Morgan fingerprint density at radius 2 is 1.15 bits per heavy atom. The van der Waals surface area contributed by atoms with Gasteiger partial charge in [0.1, 0.15) is 0 Å². The lowest BCUT2D eigenvalue weighted by atomic mass is 10.0. The molecule has 0 atom stereocenters. The fraction of sp³-hybridized carbons (Fsp3) is 1.00. The molecule has 0 bridgehead atoms. The van der Waals surface area contributed by atoms with E-state index in [1.54, 1.807) is 0 Å². The van der Waals surface area contributed by atoms with Crippen LogP contribution in [-0.4, -0.2) is 24.2 Å². The molecule has 0 spiro atoms. The molecule has 0 fully saturated rings. The molecule has 0 aliphatic heterocycles. The maximum absolute atomic E-state index is 5.84. The van der Waals surface area contributed by atoms with Crippen molar-refractivity contribution < 1.29 is 0 Å². The molecule has 3 nitrogen and oxygen atoms in total. The first-order valence-electron chi connectivity index (χ1n) is 4.99. The maximum atomic E-state index is 5.84. The van der Waals surface area contributed by atoms with Crippen molar-refractivity contribution in [1.29, 1.82) is 0 Å². The van der Waals surface area contributed by atoms with Gasteiger partial charge in [-0.2, -0.15) is 0 Å². The topological polar surface area (TPSA) is 64.1 Å². The van der Waals surface area contributed by atoms with Crippen LogP contribution in [0.15, 0.2) is 0 Å². The van der Waals surface area contributed by atoms with E-state index in [0.717, 1.165) is 25.9 Å². The molecule has 0 aromatic rings. The van der Waals surface area contributed by atoms with Gasteiger partial charge in [0.25, 0.3) is 0 Å². The summed E-state index contributed by atoms with van der Waals surface area (Å²) in [6, 6.07) is 0. The lowest BCUT2D eigenvalue weighted by molar-refractivity contribution is 0.423. The lowest BCUT2D eigenvalue weighted by Gasteiger charge is -2.21. The highest BCUT2D eigenvalue weighted by molar-refractivity contribution is 4.75. The molecular weight excluding hydrogens is 162 g/mol. The molecule has 0 unspecified atom stereocenters. The van der Waals surface area contributed by atoms with Gasteiger partial charge < -0.3 is 16.8 Å². The van der Waals surface area contributed by atoms with Crippen LogP contribution in [0.3, 0.4) is 0 Å². The highest BCUT2D eigenvalue weighted by Gasteiger charge is 2.11. The lowest BCUT2D eigenvalue weighted by Crippen LogP contribution is -2.38. The fourth-order valence-corrected chi connectivity index (χ4v) is 0.946. The van der Waals surface area contributed by atoms with Crippen LogP contribution in [-0.2, 0) is 0 Å². The summed E-state index contributed by atoms with van der Waals surface area (Å²) in [4.78, 5) is 0. The van der Waals surface area contributed by atoms with Crippen molar-refractivity contribution in [2.45, 2.75) is 51.6 Å². The van der Waals surface area contributed by atoms with Gasteiger partial charge in [0.2, 0.25) is 0 Å². The van der Waals surface area contributed by atoms with Gasteiger partial charge in [-0.1, -0.05) is 0 Å². The Labute approximate surface area is 82.3 Å². The largest absolute Gasteiger partial charge is 0.326 e. The second-order valence-corrected chi connectivity index (χ2v) is 5.23. The Bertz CT molecular complexity index is 114. The molecule has 5 N–H and O–H groups in total. The summed E-state index contributed by atoms with van der Waals surface area (Å²) in [6.45, 7) is 10.1. The molecule has 0 amide bonds. The van der Waals surface area contributed by atoms with E-state index in [9.17, 15) is 0 Å². The second kappa shape index (κ2) is 4.94. The van der Waals surface area contributed by atoms with Crippen LogP contribution in [0.5, 0.6) is 0 Å². The summed E-state index contributed by atoms with van der Waals surface area (Å²) in [5.41, 5.74) is 11.5. The minimum Gasteiger partial charge on any atom is -0.326 e. The minimum atomic E-state index is -0.0643. The van der Waals surface area contributed by atoms with E-state index in [0.29, 0.717) is 0 Å². The van der Waals surface area contributed by atoms with Crippen molar-refractivity contribution in [3.05, 3.63) is 0 Å². The molecule has 0 saturated heterocycles. The third kappa shape index (κ3) is 11.9. The van der Waals surface area contributed by atoms with Crippen LogP contribution >= 0.6 is 0 Å². The van der Waals surface area contributed by atoms with Gasteiger partial charge in [-0.05, 0) is 53.6 Å². The van der Waals surface area contributed by atoms with Gasteiger partial charge in [0, 0.05) is 11.1 Å². The Balaban J connectivity index is 3.28. The third-order valence-electron chi connectivity index (χ3n) is 1.89. The van der Waals surface area contributed by atoms with Crippen molar-refractivity contribution >= 4 is 0 Å². The molecule has 0 aromatic carbocycles. The van der Waals surface area contributed by atoms with E-state index in [4.69, 9.17) is 11.5 Å². The molecule has 0 saturated carbocycles. The molecule has 13 heavy (non-hydrogen) atoms. The Hall–Kier alpha value is -0.120. The van der Waals surface area contributed by atoms with Gasteiger partial charge in [-0.25, -0.2) is 0 Å². The van der Waals surface area contributed by atoms with Gasteiger partial charge in [-0.15, -0.1) is 0 Å². The molecule has 0 aliphatic carbocycles. The van der Waals surface area contributed by atoms with Crippen molar-refractivity contribution in [1.82, 2.24) is 5.32 Å². The molecule has 0 heterocycles. The standard InChI is InChI=1S/C10H25N3/c1-9(2,11)5-7-13-8-6-10(3,4)12/h13H,5-8,11-12H2,1-4H3. The van der Waals surface area contributed by atoms with Gasteiger partial charge in [0.15, 0.2) is 0 Å². The number of hydrogen-bond donors (Lipinski definition) is 3. The molecule has 3 heteroatoms. The normalized spacial score (nSPS) is 13.4. The molecule has 0 rings (SSSR count). The summed E-state index contributed by atoms with van der Waals surface area (Å²) in [6.07, 6.45) is 2.00. The smallest absolute Gasteiger partial charge is 0.0109 e. The highest BCUT2D eigenvalue weighted by Crippen LogP contribution is 2.03. The first kappa shape index (κ1) is 12.9. The second-order valence-electron chi connectivity index (χ2n) is 5.23. The SMILES string of the molecule is CC(C)(N)CCNCCC(C)(C)N. The third-order valence-corrected chi connectivity index (χ3v) is 1.89. The van der Waals surface area contributed by atoms with Crippen LogP contribution in [0.4, 0.5) is 0 Å². The Kier molecular flexibility index (Phi) is 4.89. The molecule has 0 aliphatic rings. The van der Waals surface area contributed by atoms with Gasteiger partial charge in [0.05, 0.1) is 0 Å². The number of nitrogens with one attached hydrogen (secondary N) is 1. The summed E-state index contributed by atoms with van der Waals surface area (Å²) >= 11 is 0. The van der Waals surface area contributed by atoms with Crippen molar-refractivity contribution in [2.75, 3.05) is 13.1 Å². The Morgan fingerprint density at radius 1 is 0.846 bits per heavy atom. The number of nitrogens with two attached hydrogens (primary N) is 2. The van der Waals surface area contributed by atoms with Gasteiger partial charge >= 0.3 is 0 Å². The van der Waals surface area contributed by atoms with Crippen molar-refractivity contribution in [3.8, 4) is 0 Å². The van der Waals surface area contributed by atoms with E-state index in [2.05, 4.69) is 5.32 Å². The van der Waals surface area contributed by atoms with E-state index < -0.39 is 0 Å². The fourth-order valence-electron chi connectivity index (χ4n) is 0.946. The highest BCUT2D eigenvalue weighted by atomic mass is 14.9. The molecular formula is C10H25N3. The first-order valence-corrected chi connectivity index (χ1v) is 4.99. The van der Waals surface area contributed by atoms with Crippen LogP contribution in [0.2, 0.25) is 0 Å². The summed E-state index contributed by atoms with van der Waals surface area (Å²) < 4.78 is 0. The number of rotatable bonds is 6. The van der Waals surface area contributed by atoms with E-state index >= 15 is 0 Å². The molecule has 0 aromatic heterocycles. The zero-order valence-corrected chi connectivity index (χ0v) is 9.48. The van der Waals surface area contributed by atoms with Crippen molar-refractivity contribution in [3.63, 3.8) is 0 Å². The predicted octanol–water partition coefficient (Wildman–Crippen LogP) is 0.831. The Morgan fingerprint density at radius 3 is 1.38 bits per heavy atom. The number of hydrogen-bond acceptors (Lipinski definition) is 3. The zero-order chi connectivity index (χ0) is 10.5. The summed E-state index contributed by atoms with van der Waals surface area (Å²) in [7, 11) is 0. The van der Waals surface area contributed by atoms with E-state index in [-0.39, 0.29) is 11.1 Å². The zero-order valence-electron chi connectivity index (χ0n) is 9.48. The average Bonchev–Trinajstić information content (AvgIpc) is 1.81. The quantitative estimate of drug-likeness (QED) is 0.540. The molecule has 80 valence electrons. The minimum absolute atomic E-state index is 0.0643. The van der Waals surface area contributed by atoms with E-state index in [1.807, 2.05) is 27.7 Å². The first-order chi connectivity index (χ1) is 5.71. The van der Waals surface area contributed by atoms with Crippen LogP contribution in [0.1, 0.15) is 40.5 Å². The van der Waals surface area contributed by atoms with Crippen LogP contribution < -0.4 is 16.8 Å². The van der Waals surface area contributed by atoms with Gasteiger partial charge in [-0.3, -0.25) is 0 Å². The monoisotopic (exact) mass is 187 g/mol. The van der Waals surface area contributed by atoms with Crippen LogP contribution in [0, 0.1) is 0 Å².